The van der Waals surface area contributed by atoms with Crippen LogP contribution in [0.2, 0.25) is 5.02 Å². The van der Waals surface area contributed by atoms with Gasteiger partial charge >= 0.3 is 0 Å². The first-order chi connectivity index (χ1) is 8.15. The van der Waals surface area contributed by atoms with Crippen LogP contribution in [0.1, 0.15) is 11.1 Å². The number of hydrogen-bond acceptors (Lipinski definition) is 0. The summed E-state index contributed by atoms with van der Waals surface area (Å²) in [5, 5.41) is 0.0891. The summed E-state index contributed by atoms with van der Waals surface area (Å²) >= 11 is 5.66. The van der Waals surface area contributed by atoms with E-state index in [2.05, 4.69) is 0 Å². The minimum Gasteiger partial charge on any atom is -0.207 e. The second-order valence-corrected chi connectivity index (χ2v) is 3.97. The lowest BCUT2D eigenvalue weighted by Crippen LogP contribution is -1.78. The van der Waals surface area contributed by atoms with Crippen molar-refractivity contribution in [3.8, 4) is 0 Å². The van der Waals surface area contributed by atoms with Crippen LogP contribution < -0.4 is 0 Å². The van der Waals surface area contributed by atoms with Crippen molar-refractivity contribution in [3.63, 3.8) is 0 Å². The second kappa shape index (κ2) is 5.11. The molecule has 2 aromatic carbocycles. The summed E-state index contributed by atoms with van der Waals surface area (Å²) in [5.74, 6) is -0.711. The molecule has 0 aliphatic heterocycles. The second-order valence-electron chi connectivity index (χ2n) is 3.56. The topological polar surface area (TPSA) is 0 Å². The van der Waals surface area contributed by atoms with E-state index in [1.165, 1.54) is 24.3 Å². The zero-order chi connectivity index (χ0) is 12.3. The number of rotatable bonds is 2. The van der Waals surface area contributed by atoms with Gasteiger partial charge in [0, 0.05) is 0 Å². The Kier molecular flexibility index (Phi) is 3.55. The molecule has 0 bridgehead atoms. The van der Waals surface area contributed by atoms with Gasteiger partial charge in [-0.2, -0.15) is 0 Å². The SMILES string of the molecule is Fc1ccc(/C=C/c2ccc(F)c(Cl)c2)cc1. The summed E-state index contributed by atoms with van der Waals surface area (Å²) in [6, 6.07) is 10.6. The van der Waals surface area contributed by atoms with E-state index in [1.54, 1.807) is 24.3 Å². The Morgan fingerprint density at radius 1 is 0.824 bits per heavy atom. The molecule has 0 spiro atoms. The Hall–Kier alpha value is -1.67. The Balaban J connectivity index is 2.20. The first-order valence-corrected chi connectivity index (χ1v) is 5.41. The highest BCUT2D eigenvalue weighted by Gasteiger charge is 1.98. The van der Waals surface area contributed by atoms with Crippen molar-refractivity contribution in [1.82, 2.24) is 0 Å². The molecule has 0 fully saturated rings. The maximum absolute atomic E-state index is 12.9. The van der Waals surface area contributed by atoms with Crippen LogP contribution in [-0.2, 0) is 0 Å². The van der Waals surface area contributed by atoms with E-state index in [9.17, 15) is 8.78 Å². The molecule has 2 aromatic rings. The van der Waals surface area contributed by atoms with Crippen LogP contribution in [0.15, 0.2) is 42.5 Å². The molecule has 0 nitrogen and oxygen atoms in total. The lowest BCUT2D eigenvalue weighted by molar-refractivity contribution is 0.627. The quantitative estimate of drug-likeness (QED) is 0.673. The highest BCUT2D eigenvalue weighted by molar-refractivity contribution is 6.30. The fourth-order valence-corrected chi connectivity index (χ4v) is 1.57. The summed E-state index contributed by atoms with van der Waals surface area (Å²) in [4.78, 5) is 0. The van der Waals surface area contributed by atoms with Gasteiger partial charge in [0.2, 0.25) is 0 Å². The maximum Gasteiger partial charge on any atom is 0.141 e. The van der Waals surface area contributed by atoms with Gasteiger partial charge in [-0.15, -0.1) is 0 Å². The van der Waals surface area contributed by atoms with E-state index in [0.717, 1.165) is 11.1 Å². The van der Waals surface area contributed by atoms with Gasteiger partial charge in [0.25, 0.3) is 0 Å². The van der Waals surface area contributed by atoms with E-state index in [0.29, 0.717) is 0 Å². The Labute approximate surface area is 103 Å². The molecule has 0 aromatic heterocycles. The average molecular weight is 251 g/mol. The first-order valence-electron chi connectivity index (χ1n) is 5.04. The lowest BCUT2D eigenvalue weighted by atomic mass is 10.1. The van der Waals surface area contributed by atoms with Gasteiger partial charge < -0.3 is 0 Å². The predicted molar refractivity (Wildman–Crippen MR) is 66.7 cm³/mol. The van der Waals surface area contributed by atoms with Crippen molar-refractivity contribution in [1.29, 1.82) is 0 Å². The molecule has 0 amide bonds. The summed E-state index contributed by atoms with van der Waals surface area (Å²) in [7, 11) is 0. The largest absolute Gasteiger partial charge is 0.207 e. The summed E-state index contributed by atoms with van der Waals surface area (Å²) in [6.45, 7) is 0. The Bertz CT molecular complexity index is 545. The average Bonchev–Trinajstić information content (AvgIpc) is 2.33. The van der Waals surface area contributed by atoms with Gasteiger partial charge in [-0.3, -0.25) is 0 Å². The molecule has 0 heterocycles. The van der Waals surface area contributed by atoms with Crippen LogP contribution in [0.4, 0.5) is 8.78 Å². The van der Waals surface area contributed by atoms with E-state index in [1.807, 2.05) is 6.08 Å². The smallest absolute Gasteiger partial charge is 0.141 e. The van der Waals surface area contributed by atoms with Gasteiger partial charge in [-0.25, -0.2) is 8.78 Å². The maximum atomic E-state index is 12.9. The summed E-state index contributed by atoms with van der Waals surface area (Å²) in [5.41, 5.74) is 1.66. The molecular formula is C14H9ClF2. The zero-order valence-corrected chi connectivity index (χ0v) is 9.59. The van der Waals surface area contributed by atoms with Gasteiger partial charge in [0.05, 0.1) is 5.02 Å². The van der Waals surface area contributed by atoms with Crippen molar-refractivity contribution in [2.45, 2.75) is 0 Å². The predicted octanol–water partition coefficient (Wildman–Crippen LogP) is 4.79. The molecule has 17 heavy (non-hydrogen) atoms. The zero-order valence-electron chi connectivity index (χ0n) is 8.83. The number of halogens is 3. The molecule has 0 radical (unpaired) electrons. The molecular weight excluding hydrogens is 242 g/mol. The van der Waals surface area contributed by atoms with Crippen molar-refractivity contribution in [3.05, 3.63) is 70.2 Å². The third-order valence-corrected chi connectivity index (χ3v) is 2.57. The molecule has 0 aliphatic rings. The van der Waals surface area contributed by atoms with Gasteiger partial charge in [0.1, 0.15) is 11.6 Å². The fraction of sp³-hybridized carbons (Fsp3) is 0. The van der Waals surface area contributed by atoms with Crippen LogP contribution in [0, 0.1) is 11.6 Å². The van der Waals surface area contributed by atoms with Crippen molar-refractivity contribution >= 4 is 23.8 Å². The molecule has 0 atom stereocenters. The lowest BCUT2D eigenvalue weighted by Gasteiger charge is -1.97. The minimum atomic E-state index is -0.439. The summed E-state index contributed by atoms with van der Waals surface area (Å²) < 4.78 is 25.6. The van der Waals surface area contributed by atoms with Gasteiger partial charge in [0.15, 0.2) is 0 Å². The third-order valence-electron chi connectivity index (χ3n) is 2.28. The van der Waals surface area contributed by atoms with Gasteiger partial charge in [-0.05, 0) is 35.4 Å². The fourth-order valence-electron chi connectivity index (χ4n) is 1.38. The molecule has 0 unspecified atom stereocenters. The molecule has 0 saturated carbocycles. The van der Waals surface area contributed by atoms with E-state index in [4.69, 9.17) is 11.6 Å². The van der Waals surface area contributed by atoms with E-state index in [-0.39, 0.29) is 10.8 Å². The van der Waals surface area contributed by atoms with Crippen LogP contribution in [0.3, 0.4) is 0 Å². The first kappa shape index (κ1) is 11.8. The van der Waals surface area contributed by atoms with Gasteiger partial charge in [-0.1, -0.05) is 42.0 Å². The highest BCUT2D eigenvalue weighted by atomic mass is 35.5. The summed E-state index contributed by atoms with van der Waals surface area (Å²) in [6.07, 6.45) is 3.60. The molecule has 0 N–H and O–H groups in total. The molecule has 2 rings (SSSR count). The number of benzene rings is 2. The molecule has 0 aliphatic carbocycles. The normalized spacial score (nSPS) is 11.0. The van der Waals surface area contributed by atoms with E-state index >= 15 is 0 Å². The van der Waals surface area contributed by atoms with Crippen LogP contribution >= 0.6 is 11.6 Å². The molecule has 86 valence electrons. The van der Waals surface area contributed by atoms with E-state index < -0.39 is 5.82 Å². The molecule has 3 heteroatoms. The van der Waals surface area contributed by atoms with Crippen LogP contribution in [-0.4, -0.2) is 0 Å². The Morgan fingerprint density at radius 3 is 2.06 bits per heavy atom. The third kappa shape index (κ3) is 3.14. The van der Waals surface area contributed by atoms with Crippen LogP contribution in [0.5, 0.6) is 0 Å². The monoisotopic (exact) mass is 250 g/mol. The minimum absolute atomic E-state index is 0.0891. The molecule has 0 saturated heterocycles. The standard InChI is InChI=1S/C14H9ClF2/c15-13-9-11(5-8-14(13)17)2-1-10-3-6-12(16)7-4-10/h1-9H/b2-1+. The Morgan fingerprint density at radius 2 is 1.41 bits per heavy atom. The highest BCUT2D eigenvalue weighted by Crippen LogP contribution is 2.17. The number of hydrogen-bond donors (Lipinski definition) is 0. The van der Waals surface area contributed by atoms with Crippen molar-refractivity contribution in [2.75, 3.05) is 0 Å². The van der Waals surface area contributed by atoms with Crippen molar-refractivity contribution in [2.24, 2.45) is 0 Å². The van der Waals surface area contributed by atoms with Crippen LogP contribution in [0.25, 0.3) is 12.2 Å². The van der Waals surface area contributed by atoms with Crippen molar-refractivity contribution < 1.29 is 8.78 Å².